The summed E-state index contributed by atoms with van der Waals surface area (Å²) in [5, 5.41) is 7.64. The Morgan fingerprint density at radius 1 is 0.458 bits per heavy atom. The molecule has 0 saturated heterocycles. The van der Waals surface area contributed by atoms with Crippen molar-refractivity contribution in [2.45, 2.75) is 76.5 Å². The standard InChI is InChI=1S/C48H40/c1-29-43(33-23-24-33)30(2)45(47(32-15-12-16-32)44(29)34-25-26-34)41-27-28-42(36-18-7-6-17-35(36)41)48-39-21-10-8-19-37(39)46(31-13-4-3-5-14-31)38-20-9-11-22-40(38)48/h3-6,8-11,13-14,17,19-22,27-28,32-34H,12,15-16,23-26H2,1-2H3. The van der Waals surface area contributed by atoms with Crippen LogP contribution in [0.3, 0.4) is 0 Å². The third-order valence-corrected chi connectivity index (χ3v) is 11.9. The fourth-order valence-electron chi connectivity index (χ4n) is 9.38. The molecule has 0 aliphatic heterocycles. The van der Waals surface area contributed by atoms with Crippen LogP contribution in [0.2, 0.25) is 0 Å². The Kier molecular flexibility index (Phi) is 6.36. The topological polar surface area (TPSA) is 0 Å². The molecule has 0 N–H and O–H groups in total. The Balaban J connectivity index is 1.29. The van der Waals surface area contributed by atoms with Crippen molar-refractivity contribution >= 4 is 32.3 Å². The summed E-state index contributed by atoms with van der Waals surface area (Å²) in [5.74, 6) is 2.18. The lowest BCUT2D eigenvalue weighted by atomic mass is 9.70. The average molecular weight is 617 g/mol. The third-order valence-electron chi connectivity index (χ3n) is 11.9. The zero-order chi connectivity index (χ0) is 31.9. The molecule has 3 aliphatic rings. The van der Waals surface area contributed by atoms with E-state index in [0.29, 0.717) is 5.92 Å². The van der Waals surface area contributed by atoms with Gasteiger partial charge >= 0.3 is 0 Å². The summed E-state index contributed by atoms with van der Waals surface area (Å²) >= 11 is 0. The Morgan fingerprint density at radius 3 is 1.62 bits per heavy atom. The highest BCUT2D eigenvalue weighted by molar-refractivity contribution is 6.24. The summed E-state index contributed by atoms with van der Waals surface area (Å²) in [7, 11) is 0. The van der Waals surface area contributed by atoms with Crippen molar-refractivity contribution in [1.82, 2.24) is 0 Å². The number of fused-ring (bicyclic) bond motifs is 3. The Morgan fingerprint density at radius 2 is 1.02 bits per heavy atom. The molecule has 3 fully saturated rings. The maximum absolute atomic E-state index is 3.69. The van der Waals surface area contributed by atoms with E-state index in [4.69, 9.17) is 0 Å². The van der Waals surface area contributed by atoms with Crippen LogP contribution in [0.1, 0.15) is 90.5 Å². The summed E-state index contributed by atoms with van der Waals surface area (Å²) in [6, 6.07) is 45.3. The number of hydrogen-bond acceptors (Lipinski definition) is 0. The first kappa shape index (κ1) is 28.2. The number of rotatable bonds is 6. The van der Waals surface area contributed by atoms with Gasteiger partial charge in [-0.15, -0.1) is 0 Å². The quantitative estimate of drug-likeness (QED) is 0.163. The molecule has 0 radical (unpaired) electrons. The van der Waals surface area contributed by atoms with Crippen molar-refractivity contribution in [2.24, 2.45) is 0 Å². The average Bonchev–Trinajstić information content (AvgIpc) is 4.04. The molecule has 0 heterocycles. The highest BCUT2D eigenvalue weighted by atomic mass is 14.4. The molecule has 0 bridgehead atoms. The molecule has 10 rings (SSSR count). The highest BCUT2D eigenvalue weighted by Crippen LogP contribution is 2.57. The molecule has 232 valence electrons. The second-order valence-electron chi connectivity index (χ2n) is 14.8. The molecule has 7 aromatic rings. The fraction of sp³-hybridized carbons (Fsp3) is 0.250. The minimum Gasteiger partial charge on any atom is -0.0695 e. The summed E-state index contributed by atoms with van der Waals surface area (Å²) in [6.45, 7) is 4.93. The molecular weight excluding hydrogens is 577 g/mol. The van der Waals surface area contributed by atoms with E-state index in [-0.39, 0.29) is 0 Å². The highest BCUT2D eigenvalue weighted by Gasteiger charge is 2.39. The number of hydrogen-bond donors (Lipinski definition) is 0. The van der Waals surface area contributed by atoms with Crippen molar-refractivity contribution in [3.63, 3.8) is 0 Å². The lowest BCUT2D eigenvalue weighted by molar-refractivity contribution is 0.417. The van der Waals surface area contributed by atoms with Crippen LogP contribution in [0, 0.1) is 26.0 Å². The zero-order valence-corrected chi connectivity index (χ0v) is 28.0. The second-order valence-corrected chi connectivity index (χ2v) is 14.8. The van der Waals surface area contributed by atoms with Gasteiger partial charge in [0, 0.05) is 5.39 Å². The minimum absolute atomic E-state index is 0.689. The first-order valence-corrected chi connectivity index (χ1v) is 18.2. The maximum atomic E-state index is 3.69. The summed E-state index contributed by atoms with van der Waals surface area (Å²) in [4.78, 5) is 0. The van der Waals surface area contributed by atoms with Crippen LogP contribution in [0.25, 0.3) is 65.7 Å². The van der Waals surface area contributed by atoms with E-state index in [1.54, 1.807) is 33.4 Å². The second kappa shape index (κ2) is 10.8. The normalized spacial score (nSPS) is 16.4. The van der Waals surface area contributed by atoms with Gasteiger partial charge in [-0.2, -0.15) is 0 Å². The van der Waals surface area contributed by atoms with E-state index in [1.807, 2.05) is 0 Å². The first-order valence-electron chi connectivity index (χ1n) is 18.2. The van der Waals surface area contributed by atoms with Crippen molar-refractivity contribution < 1.29 is 0 Å². The van der Waals surface area contributed by atoms with Crippen LogP contribution >= 0.6 is 0 Å². The lowest BCUT2D eigenvalue weighted by Crippen LogP contribution is -2.16. The van der Waals surface area contributed by atoms with Gasteiger partial charge in [0.2, 0.25) is 0 Å². The molecule has 3 aliphatic carbocycles. The van der Waals surface area contributed by atoms with Crippen LogP contribution in [0.15, 0.2) is 103 Å². The zero-order valence-electron chi connectivity index (χ0n) is 28.0. The van der Waals surface area contributed by atoms with E-state index in [9.17, 15) is 0 Å². The largest absolute Gasteiger partial charge is 0.0695 e. The predicted octanol–water partition coefficient (Wildman–Crippen LogP) is 13.4. The molecule has 48 heavy (non-hydrogen) atoms. The fourth-order valence-corrected chi connectivity index (χ4v) is 9.38. The van der Waals surface area contributed by atoms with E-state index >= 15 is 0 Å². The monoisotopic (exact) mass is 616 g/mol. The van der Waals surface area contributed by atoms with Gasteiger partial charge in [0.1, 0.15) is 0 Å². The Labute approximate surface area is 284 Å². The predicted molar refractivity (Wildman–Crippen MR) is 203 cm³/mol. The molecule has 0 spiro atoms. The van der Waals surface area contributed by atoms with Gasteiger partial charge in [-0.25, -0.2) is 0 Å². The molecule has 0 heteroatoms. The van der Waals surface area contributed by atoms with Gasteiger partial charge in [-0.1, -0.05) is 110 Å². The summed E-state index contributed by atoms with van der Waals surface area (Å²) in [6.07, 6.45) is 9.42. The SMILES string of the molecule is Cc1c(-c2ccc(-c3c4ccccc4c(-c4ccccc4)c4ccccc34)c3c#cccc23)c(C2CCC2)c(C2CC2)c(C)c1C1CC1. The first-order chi connectivity index (χ1) is 23.7. The molecule has 0 aromatic heterocycles. The van der Waals surface area contributed by atoms with Crippen molar-refractivity contribution in [3.05, 3.63) is 143 Å². The van der Waals surface area contributed by atoms with Gasteiger partial charge in [-0.3, -0.25) is 0 Å². The van der Waals surface area contributed by atoms with Gasteiger partial charge in [-0.05, 0) is 170 Å². The van der Waals surface area contributed by atoms with Gasteiger partial charge in [0.25, 0.3) is 0 Å². The lowest BCUT2D eigenvalue weighted by Gasteiger charge is -2.34. The molecule has 7 aromatic carbocycles. The number of benzene rings is 6. The van der Waals surface area contributed by atoms with E-state index in [1.165, 1.54) is 105 Å². The van der Waals surface area contributed by atoms with Crippen molar-refractivity contribution in [2.75, 3.05) is 0 Å². The molecule has 0 unspecified atom stereocenters. The van der Waals surface area contributed by atoms with E-state index < -0.39 is 0 Å². The van der Waals surface area contributed by atoms with Crippen molar-refractivity contribution in [3.8, 4) is 33.4 Å². The van der Waals surface area contributed by atoms with Crippen LogP contribution in [-0.4, -0.2) is 0 Å². The minimum atomic E-state index is 0.689. The third kappa shape index (κ3) is 4.23. The Hall–Kier alpha value is -4.86. The molecular formula is C48H40. The van der Waals surface area contributed by atoms with Gasteiger partial charge in [0.05, 0.1) is 0 Å². The molecule has 0 amide bonds. The molecule has 3 saturated carbocycles. The van der Waals surface area contributed by atoms with E-state index in [0.717, 1.165) is 11.8 Å². The maximum Gasteiger partial charge on any atom is 0.0406 e. The van der Waals surface area contributed by atoms with E-state index in [2.05, 4.69) is 129 Å². The van der Waals surface area contributed by atoms with Gasteiger partial charge in [0.15, 0.2) is 0 Å². The smallest absolute Gasteiger partial charge is 0.0406 e. The van der Waals surface area contributed by atoms with Crippen LogP contribution in [0.5, 0.6) is 0 Å². The molecule has 0 atom stereocenters. The van der Waals surface area contributed by atoms with Crippen molar-refractivity contribution in [1.29, 1.82) is 0 Å². The van der Waals surface area contributed by atoms with Gasteiger partial charge < -0.3 is 0 Å². The van der Waals surface area contributed by atoms with Crippen LogP contribution in [-0.2, 0) is 0 Å². The Bertz CT molecular complexity index is 2340. The van der Waals surface area contributed by atoms with Crippen LogP contribution in [0.4, 0.5) is 0 Å². The summed E-state index contributed by atoms with van der Waals surface area (Å²) < 4.78 is 0. The van der Waals surface area contributed by atoms with Crippen LogP contribution < -0.4 is 0 Å². The molecule has 0 nitrogen and oxygen atoms in total. The summed E-state index contributed by atoms with van der Waals surface area (Å²) in [5.41, 5.74) is 16.4.